The van der Waals surface area contributed by atoms with E-state index in [0.29, 0.717) is 5.69 Å². The van der Waals surface area contributed by atoms with Gasteiger partial charge in [0.15, 0.2) is 0 Å². The van der Waals surface area contributed by atoms with Crippen molar-refractivity contribution >= 4 is 5.69 Å². The molecular formula is C11H12F3NO2. The van der Waals surface area contributed by atoms with E-state index < -0.39 is 17.8 Å². The summed E-state index contributed by atoms with van der Waals surface area (Å²) in [6.07, 6.45) is -5.05. The van der Waals surface area contributed by atoms with E-state index in [1.54, 1.807) is 0 Å². The van der Waals surface area contributed by atoms with Crippen LogP contribution < -0.4 is 5.32 Å². The second-order valence-corrected chi connectivity index (χ2v) is 3.93. The number of alkyl halides is 3. The van der Waals surface area contributed by atoms with Crippen LogP contribution in [0.4, 0.5) is 18.9 Å². The highest BCUT2D eigenvalue weighted by Gasteiger charge is 2.31. The maximum Gasteiger partial charge on any atom is 0.416 e. The van der Waals surface area contributed by atoms with Crippen LogP contribution in [0.15, 0.2) is 24.3 Å². The zero-order chi connectivity index (χ0) is 12.5. The Bertz CT molecular complexity index is 395. The van der Waals surface area contributed by atoms with Crippen molar-refractivity contribution in [1.29, 1.82) is 0 Å². The monoisotopic (exact) mass is 247 g/mol. The Hall–Kier alpha value is -1.27. The van der Waals surface area contributed by atoms with Gasteiger partial charge in [0.1, 0.15) is 0 Å². The minimum Gasteiger partial charge on any atom is -0.388 e. The number of benzene rings is 1. The average molecular weight is 247 g/mol. The average Bonchev–Trinajstić information content (AvgIpc) is 2.64. The van der Waals surface area contributed by atoms with Gasteiger partial charge in [0.2, 0.25) is 0 Å². The molecule has 1 aliphatic heterocycles. The fraction of sp³-hybridized carbons (Fsp3) is 0.455. The number of rotatable bonds is 2. The maximum atomic E-state index is 12.5. The molecule has 2 rings (SSSR count). The molecule has 0 saturated carbocycles. The number of aliphatic hydroxyl groups excluding tert-OH is 1. The van der Waals surface area contributed by atoms with Crippen molar-refractivity contribution in [2.75, 3.05) is 18.5 Å². The summed E-state index contributed by atoms with van der Waals surface area (Å²) in [5, 5.41) is 12.3. The Labute approximate surface area is 96.2 Å². The van der Waals surface area contributed by atoms with Crippen molar-refractivity contribution in [1.82, 2.24) is 0 Å². The van der Waals surface area contributed by atoms with E-state index in [-0.39, 0.29) is 19.3 Å². The molecule has 3 nitrogen and oxygen atoms in total. The first-order valence-corrected chi connectivity index (χ1v) is 5.16. The van der Waals surface area contributed by atoms with Crippen LogP contribution in [0.2, 0.25) is 0 Å². The van der Waals surface area contributed by atoms with Crippen LogP contribution in [0, 0.1) is 0 Å². The van der Waals surface area contributed by atoms with Gasteiger partial charge in [-0.15, -0.1) is 0 Å². The smallest absolute Gasteiger partial charge is 0.388 e. The lowest BCUT2D eigenvalue weighted by Crippen LogP contribution is -2.31. The summed E-state index contributed by atoms with van der Waals surface area (Å²) in [6, 6.07) is 4.52. The van der Waals surface area contributed by atoms with Gasteiger partial charge in [-0.25, -0.2) is 0 Å². The Balaban J connectivity index is 2.11. The summed E-state index contributed by atoms with van der Waals surface area (Å²) >= 11 is 0. The molecule has 6 heteroatoms. The van der Waals surface area contributed by atoms with E-state index >= 15 is 0 Å². The Morgan fingerprint density at radius 2 is 2.06 bits per heavy atom. The number of ether oxygens (including phenoxy) is 1. The van der Waals surface area contributed by atoms with Crippen molar-refractivity contribution in [3.63, 3.8) is 0 Å². The zero-order valence-electron chi connectivity index (χ0n) is 8.87. The molecule has 1 aromatic carbocycles. The first kappa shape index (κ1) is 12.2. The minimum atomic E-state index is -4.36. The van der Waals surface area contributed by atoms with Gasteiger partial charge in [-0.1, -0.05) is 6.07 Å². The topological polar surface area (TPSA) is 41.5 Å². The summed E-state index contributed by atoms with van der Waals surface area (Å²) in [5.74, 6) is 0. The molecular weight excluding hydrogens is 235 g/mol. The van der Waals surface area contributed by atoms with E-state index in [0.717, 1.165) is 12.1 Å². The molecule has 1 aromatic rings. The van der Waals surface area contributed by atoms with Gasteiger partial charge < -0.3 is 15.2 Å². The normalized spacial score (nSPS) is 24.9. The number of hydrogen-bond donors (Lipinski definition) is 2. The van der Waals surface area contributed by atoms with Gasteiger partial charge in [0.05, 0.1) is 30.9 Å². The maximum absolute atomic E-state index is 12.5. The lowest BCUT2D eigenvalue weighted by molar-refractivity contribution is -0.137. The number of hydrogen-bond acceptors (Lipinski definition) is 3. The number of aliphatic hydroxyl groups is 1. The van der Waals surface area contributed by atoms with Crippen LogP contribution in [-0.4, -0.2) is 30.5 Å². The van der Waals surface area contributed by atoms with Gasteiger partial charge in [-0.2, -0.15) is 13.2 Å². The molecule has 1 aliphatic rings. The van der Waals surface area contributed by atoms with Crippen molar-refractivity contribution in [2.45, 2.75) is 18.3 Å². The fourth-order valence-electron chi connectivity index (χ4n) is 1.68. The highest BCUT2D eigenvalue weighted by Crippen LogP contribution is 2.31. The highest BCUT2D eigenvalue weighted by atomic mass is 19.4. The standard InChI is InChI=1S/C11H12F3NO2/c12-11(13,14)7-2-1-3-8(4-7)15-9-5-17-6-10(9)16/h1-4,9-10,15-16H,5-6H2/t9-,10-/m0/s1. The first-order chi connectivity index (χ1) is 7.97. The highest BCUT2D eigenvalue weighted by molar-refractivity contribution is 5.47. The van der Waals surface area contributed by atoms with Crippen LogP contribution in [0.25, 0.3) is 0 Å². The van der Waals surface area contributed by atoms with E-state index in [1.807, 2.05) is 0 Å². The molecule has 0 bridgehead atoms. The molecule has 0 spiro atoms. The van der Waals surface area contributed by atoms with Crippen LogP contribution in [0.1, 0.15) is 5.56 Å². The minimum absolute atomic E-state index is 0.205. The molecule has 0 aliphatic carbocycles. The summed E-state index contributed by atoms with van der Waals surface area (Å²) in [7, 11) is 0. The molecule has 1 heterocycles. The van der Waals surface area contributed by atoms with Gasteiger partial charge >= 0.3 is 6.18 Å². The van der Waals surface area contributed by atoms with Gasteiger partial charge in [-0.05, 0) is 18.2 Å². The van der Waals surface area contributed by atoms with E-state index in [1.165, 1.54) is 12.1 Å². The predicted octanol–water partition coefficient (Wildman–Crippen LogP) is 1.88. The fourth-order valence-corrected chi connectivity index (χ4v) is 1.68. The van der Waals surface area contributed by atoms with Crippen molar-refractivity contribution < 1.29 is 23.0 Å². The Kier molecular flexibility index (Phi) is 3.26. The van der Waals surface area contributed by atoms with E-state index in [9.17, 15) is 18.3 Å². The van der Waals surface area contributed by atoms with Crippen LogP contribution >= 0.6 is 0 Å². The molecule has 0 amide bonds. The third kappa shape index (κ3) is 2.89. The SMILES string of the molecule is O[C@H]1COC[C@@H]1Nc1cccc(C(F)(F)F)c1. The Morgan fingerprint density at radius 3 is 2.65 bits per heavy atom. The number of halogens is 3. The Morgan fingerprint density at radius 1 is 1.29 bits per heavy atom. The quantitative estimate of drug-likeness (QED) is 0.838. The third-order valence-corrected chi connectivity index (χ3v) is 2.59. The molecule has 0 aromatic heterocycles. The van der Waals surface area contributed by atoms with Crippen LogP contribution in [0.5, 0.6) is 0 Å². The van der Waals surface area contributed by atoms with Crippen LogP contribution in [0.3, 0.4) is 0 Å². The van der Waals surface area contributed by atoms with E-state index in [2.05, 4.69) is 5.32 Å². The molecule has 17 heavy (non-hydrogen) atoms. The largest absolute Gasteiger partial charge is 0.416 e. The van der Waals surface area contributed by atoms with E-state index in [4.69, 9.17) is 4.74 Å². The lowest BCUT2D eigenvalue weighted by Gasteiger charge is -2.17. The summed E-state index contributed by atoms with van der Waals surface area (Å²) < 4.78 is 42.4. The summed E-state index contributed by atoms with van der Waals surface area (Å²) in [5.41, 5.74) is -0.384. The van der Waals surface area contributed by atoms with Gasteiger partial charge in [0.25, 0.3) is 0 Å². The van der Waals surface area contributed by atoms with Gasteiger partial charge in [-0.3, -0.25) is 0 Å². The lowest BCUT2D eigenvalue weighted by atomic mass is 10.1. The molecule has 0 radical (unpaired) electrons. The second-order valence-electron chi connectivity index (χ2n) is 3.93. The van der Waals surface area contributed by atoms with Gasteiger partial charge in [0, 0.05) is 5.69 Å². The number of nitrogens with one attached hydrogen (secondary N) is 1. The molecule has 1 fully saturated rings. The second kappa shape index (κ2) is 4.54. The first-order valence-electron chi connectivity index (χ1n) is 5.16. The molecule has 2 N–H and O–H groups in total. The number of anilines is 1. The zero-order valence-corrected chi connectivity index (χ0v) is 8.87. The molecule has 1 saturated heterocycles. The third-order valence-electron chi connectivity index (χ3n) is 2.59. The van der Waals surface area contributed by atoms with Crippen molar-refractivity contribution in [2.24, 2.45) is 0 Å². The summed E-state index contributed by atoms with van der Waals surface area (Å²) in [6.45, 7) is 0.494. The summed E-state index contributed by atoms with van der Waals surface area (Å²) in [4.78, 5) is 0. The molecule has 0 unspecified atom stereocenters. The van der Waals surface area contributed by atoms with Crippen LogP contribution in [-0.2, 0) is 10.9 Å². The molecule has 94 valence electrons. The predicted molar refractivity (Wildman–Crippen MR) is 55.7 cm³/mol. The van der Waals surface area contributed by atoms with Crippen molar-refractivity contribution in [3.8, 4) is 0 Å². The van der Waals surface area contributed by atoms with Crippen molar-refractivity contribution in [3.05, 3.63) is 29.8 Å². The molecule has 2 atom stereocenters.